The molecule has 1 aliphatic rings. The molecule has 0 amide bonds. The van der Waals surface area contributed by atoms with Gasteiger partial charge in [0.05, 0.1) is 36.3 Å². The lowest BCUT2D eigenvalue weighted by atomic mass is 9.73. The summed E-state index contributed by atoms with van der Waals surface area (Å²) >= 11 is 1.36. The largest absolute Gasteiger partial charge is 0.457 e. The van der Waals surface area contributed by atoms with Gasteiger partial charge in [0.25, 0.3) is 0 Å². The van der Waals surface area contributed by atoms with Crippen molar-refractivity contribution < 1.29 is 29.6 Å². The van der Waals surface area contributed by atoms with Crippen molar-refractivity contribution in [3.63, 3.8) is 0 Å². The van der Waals surface area contributed by atoms with Gasteiger partial charge in [-0.25, -0.2) is 4.98 Å². The Labute approximate surface area is 219 Å². The highest BCUT2D eigenvalue weighted by molar-refractivity contribution is 7.09. The number of nitrogens with zero attached hydrogens (tertiary/aromatic N) is 1. The van der Waals surface area contributed by atoms with Crippen LogP contribution in [-0.2, 0) is 20.9 Å². The minimum Gasteiger partial charge on any atom is -0.457 e. The zero-order chi connectivity index (χ0) is 27.0. The number of hydrogen-bond donors (Lipinski definition) is 3. The molecule has 0 aliphatic carbocycles. The molecule has 1 aromatic rings. The molecule has 36 heavy (non-hydrogen) atoms. The van der Waals surface area contributed by atoms with Crippen molar-refractivity contribution in [2.24, 2.45) is 17.3 Å². The lowest BCUT2D eigenvalue weighted by Crippen LogP contribution is -2.45. The third-order valence-corrected chi connectivity index (χ3v) is 8.25. The van der Waals surface area contributed by atoms with Crippen LogP contribution in [0, 0.1) is 17.3 Å². The van der Waals surface area contributed by atoms with Crippen molar-refractivity contribution in [1.82, 2.24) is 4.98 Å². The van der Waals surface area contributed by atoms with Crippen molar-refractivity contribution in [3.05, 3.63) is 33.3 Å². The lowest BCUT2D eigenvalue weighted by molar-refractivity contribution is -0.154. The summed E-state index contributed by atoms with van der Waals surface area (Å²) in [6.45, 7) is 10.7. The van der Waals surface area contributed by atoms with Crippen LogP contribution >= 0.6 is 11.3 Å². The van der Waals surface area contributed by atoms with E-state index >= 15 is 0 Å². The predicted octanol–water partition coefficient (Wildman–Crippen LogP) is 4.84. The molecule has 0 saturated carbocycles. The van der Waals surface area contributed by atoms with E-state index in [1.165, 1.54) is 16.9 Å². The van der Waals surface area contributed by atoms with Gasteiger partial charge in [0.15, 0.2) is 0 Å². The van der Waals surface area contributed by atoms with Crippen LogP contribution in [0.25, 0.3) is 6.08 Å². The molecule has 0 aromatic carbocycles. The Morgan fingerprint density at radius 2 is 1.94 bits per heavy atom. The fraction of sp³-hybridized carbons (Fsp3) is 0.679. The number of carbonyl (C=O) groups is 2. The molecule has 8 heteroatoms. The lowest BCUT2D eigenvalue weighted by Gasteiger charge is -2.34. The molecule has 2 heterocycles. The normalized spacial score (nSPS) is 31.0. The summed E-state index contributed by atoms with van der Waals surface area (Å²) in [4.78, 5) is 30.5. The summed E-state index contributed by atoms with van der Waals surface area (Å²) in [5.74, 6) is -1.57. The minimum absolute atomic E-state index is 0.0620. The minimum atomic E-state index is -1.24. The van der Waals surface area contributed by atoms with Crippen LogP contribution in [-0.4, -0.2) is 50.4 Å². The number of ether oxygens (including phenoxy) is 1. The number of Topliss-reactive ketones (excluding diaryl/α,β-unsaturated/α-hetero) is 1. The molecule has 0 bridgehead atoms. The summed E-state index contributed by atoms with van der Waals surface area (Å²) in [5.41, 5.74) is 1.46. The smallest absolute Gasteiger partial charge is 0.309 e. The summed E-state index contributed by atoms with van der Waals surface area (Å²) in [7, 11) is 0. The molecule has 0 radical (unpaired) electrons. The highest BCUT2D eigenvalue weighted by atomic mass is 32.1. The second-order valence-corrected chi connectivity index (χ2v) is 11.5. The van der Waals surface area contributed by atoms with Gasteiger partial charge in [-0.2, -0.15) is 0 Å². The van der Waals surface area contributed by atoms with E-state index in [-0.39, 0.29) is 24.7 Å². The Balaban J connectivity index is 2.38. The Kier molecular flexibility index (Phi) is 11.5. The quantitative estimate of drug-likeness (QED) is 0.383. The zero-order valence-corrected chi connectivity index (χ0v) is 23.3. The van der Waals surface area contributed by atoms with Gasteiger partial charge in [-0.05, 0) is 50.2 Å². The Bertz CT molecular complexity index is 950. The van der Waals surface area contributed by atoms with E-state index in [1.54, 1.807) is 20.8 Å². The number of thiazole rings is 1. The maximum Gasteiger partial charge on any atom is 0.309 e. The standard InChI is InChI=1S/C28H43NO6S/c1-7-20-11-9-8-10-17(2)26(33)19(4)27(34)28(5,6)23(31)14-25(32)35-22(13-20)18(3)12-21-16-36-24(15-30)29-21/h11-12,16-17,19,22-23,26,30-31,33H,7-10,13-15H2,1-6H3/b18-12+,20-11-/t17-,19+,22-,23-,26?/m0/s1. The molecule has 0 saturated heterocycles. The second-order valence-electron chi connectivity index (χ2n) is 10.6. The van der Waals surface area contributed by atoms with Crippen LogP contribution in [0.4, 0.5) is 0 Å². The first-order valence-electron chi connectivity index (χ1n) is 12.9. The third kappa shape index (κ3) is 8.07. The number of ketones is 1. The fourth-order valence-corrected chi connectivity index (χ4v) is 5.24. The number of carbonyl (C=O) groups excluding carboxylic acids is 2. The van der Waals surface area contributed by atoms with Gasteiger partial charge in [-0.1, -0.05) is 46.3 Å². The van der Waals surface area contributed by atoms with Crippen LogP contribution in [0.2, 0.25) is 0 Å². The summed E-state index contributed by atoms with van der Waals surface area (Å²) in [6.07, 6.45) is 4.94. The fourth-order valence-electron chi connectivity index (χ4n) is 4.63. The van der Waals surface area contributed by atoms with E-state index in [2.05, 4.69) is 18.0 Å². The first-order valence-corrected chi connectivity index (χ1v) is 13.8. The van der Waals surface area contributed by atoms with Crippen LogP contribution in [0.15, 0.2) is 22.6 Å². The van der Waals surface area contributed by atoms with E-state index in [0.29, 0.717) is 17.1 Å². The molecule has 0 spiro atoms. The maximum absolute atomic E-state index is 13.2. The van der Waals surface area contributed by atoms with Crippen molar-refractivity contribution >= 4 is 29.2 Å². The molecule has 7 nitrogen and oxygen atoms in total. The summed E-state index contributed by atoms with van der Waals surface area (Å²) in [6, 6.07) is 0. The van der Waals surface area contributed by atoms with Crippen LogP contribution in [0.1, 0.15) is 90.8 Å². The van der Waals surface area contributed by atoms with Crippen molar-refractivity contribution in [2.75, 3.05) is 0 Å². The van der Waals surface area contributed by atoms with E-state index in [4.69, 9.17) is 4.74 Å². The van der Waals surface area contributed by atoms with E-state index < -0.39 is 35.6 Å². The second kappa shape index (κ2) is 13.6. The molecule has 1 aliphatic heterocycles. The average Bonchev–Trinajstić information content (AvgIpc) is 3.30. The SMILES string of the molecule is CC/C1=C/CCC[C@H](C)C(O)[C@@H](C)C(=O)C(C)(C)[C@@H](O)CC(=O)O[C@H](/C(C)=C/c2csc(CO)n2)C1. The van der Waals surface area contributed by atoms with Crippen molar-refractivity contribution in [3.8, 4) is 0 Å². The summed E-state index contributed by atoms with van der Waals surface area (Å²) in [5, 5.41) is 33.5. The number of esters is 1. The first-order chi connectivity index (χ1) is 16.9. The van der Waals surface area contributed by atoms with Crippen molar-refractivity contribution in [2.45, 2.75) is 105 Å². The van der Waals surface area contributed by atoms with Gasteiger partial charge in [-0.15, -0.1) is 11.3 Å². The van der Waals surface area contributed by atoms with E-state index in [1.807, 2.05) is 25.3 Å². The number of rotatable bonds is 4. The molecule has 1 unspecified atom stereocenters. The van der Waals surface area contributed by atoms with E-state index in [0.717, 1.165) is 31.3 Å². The first kappa shape index (κ1) is 30.4. The summed E-state index contributed by atoms with van der Waals surface area (Å²) < 4.78 is 5.87. The highest BCUT2D eigenvalue weighted by Gasteiger charge is 2.42. The number of cyclic esters (lactones) is 1. The van der Waals surface area contributed by atoms with Gasteiger partial charge in [0.2, 0.25) is 0 Å². The molecule has 2 rings (SSSR count). The predicted molar refractivity (Wildman–Crippen MR) is 142 cm³/mol. The van der Waals surface area contributed by atoms with E-state index in [9.17, 15) is 24.9 Å². The molecule has 202 valence electrons. The van der Waals surface area contributed by atoms with Gasteiger partial charge >= 0.3 is 5.97 Å². The van der Waals surface area contributed by atoms with Gasteiger partial charge in [0.1, 0.15) is 16.9 Å². The number of allylic oxidation sites excluding steroid dienone is 1. The molecular weight excluding hydrogens is 478 g/mol. The van der Waals surface area contributed by atoms with Gasteiger partial charge in [-0.3, -0.25) is 9.59 Å². The van der Waals surface area contributed by atoms with Crippen LogP contribution in [0.5, 0.6) is 0 Å². The number of aliphatic hydroxyl groups excluding tert-OH is 3. The number of aromatic nitrogens is 1. The monoisotopic (exact) mass is 521 g/mol. The van der Waals surface area contributed by atoms with Crippen molar-refractivity contribution in [1.29, 1.82) is 0 Å². The highest BCUT2D eigenvalue weighted by Crippen LogP contribution is 2.32. The molecule has 1 aromatic heterocycles. The van der Waals surface area contributed by atoms with Crippen LogP contribution in [0.3, 0.4) is 0 Å². The topological polar surface area (TPSA) is 117 Å². The molecular formula is C28H43NO6S. The van der Waals surface area contributed by atoms with Gasteiger partial charge in [0, 0.05) is 17.7 Å². The number of hydrogen-bond acceptors (Lipinski definition) is 8. The maximum atomic E-state index is 13.2. The Morgan fingerprint density at radius 1 is 1.25 bits per heavy atom. The Morgan fingerprint density at radius 3 is 2.56 bits per heavy atom. The average molecular weight is 522 g/mol. The third-order valence-electron chi connectivity index (χ3n) is 7.40. The van der Waals surface area contributed by atoms with Crippen LogP contribution < -0.4 is 0 Å². The molecule has 0 fully saturated rings. The Hall–Kier alpha value is -1.87. The molecule has 3 N–H and O–H groups in total. The van der Waals surface area contributed by atoms with Gasteiger partial charge < -0.3 is 20.1 Å². The molecule has 5 atom stereocenters. The zero-order valence-electron chi connectivity index (χ0n) is 22.5. The number of aliphatic hydroxyl groups is 3.